The molecule has 0 atom stereocenters. The van der Waals surface area contributed by atoms with E-state index in [0.29, 0.717) is 6.42 Å². The van der Waals surface area contributed by atoms with E-state index in [1.807, 2.05) is 6.07 Å². The first-order chi connectivity index (χ1) is 7.67. The molecule has 0 saturated heterocycles. The standard InChI is InChI=1S/C14H17NSi/c1-16(2,13-9-4-3-8-12-15)14-10-6-5-7-11-14/h5-7,10-11H,3-4,8H2,1-2H3. The quantitative estimate of drug-likeness (QED) is 0.442. The van der Waals surface area contributed by atoms with Crippen molar-refractivity contribution in [2.24, 2.45) is 0 Å². The summed E-state index contributed by atoms with van der Waals surface area (Å²) in [5, 5.41) is 9.79. The smallest absolute Gasteiger partial charge is 0.162 e. The lowest BCUT2D eigenvalue weighted by Crippen LogP contribution is -2.39. The molecule has 0 fully saturated rings. The number of rotatable bonds is 3. The largest absolute Gasteiger partial charge is 0.198 e. The van der Waals surface area contributed by atoms with E-state index >= 15 is 0 Å². The zero-order chi connectivity index (χ0) is 11.9. The topological polar surface area (TPSA) is 23.8 Å². The second kappa shape index (κ2) is 6.15. The van der Waals surface area contributed by atoms with Gasteiger partial charge in [0.25, 0.3) is 0 Å². The van der Waals surface area contributed by atoms with Gasteiger partial charge in [0, 0.05) is 12.8 Å². The Kier molecular flexibility index (Phi) is 4.83. The molecule has 16 heavy (non-hydrogen) atoms. The lowest BCUT2D eigenvalue weighted by Gasteiger charge is -2.14. The van der Waals surface area contributed by atoms with Crippen LogP contribution in [0.15, 0.2) is 30.3 Å². The predicted molar refractivity (Wildman–Crippen MR) is 70.8 cm³/mol. The Morgan fingerprint density at radius 1 is 1.12 bits per heavy atom. The Bertz CT molecular complexity index is 418. The van der Waals surface area contributed by atoms with Gasteiger partial charge < -0.3 is 0 Å². The second-order valence-electron chi connectivity index (χ2n) is 4.30. The molecule has 1 aromatic carbocycles. The molecule has 1 nitrogen and oxygen atoms in total. The summed E-state index contributed by atoms with van der Waals surface area (Å²) >= 11 is 0. The predicted octanol–water partition coefficient (Wildman–Crippen LogP) is 2.84. The normalized spacial score (nSPS) is 10.1. The van der Waals surface area contributed by atoms with Gasteiger partial charge >= 0.3 is 0 Å². The Morgan fingerprint density at radius 3 is 2.44 bits per heavy atom. The van der Waals surface area contributed by atoms with Crippen LogP contribution < -0.4 is 5.19 Å². The molecular formula is C14H17NSi. The van der Waals surface area contributed by atoms with Crippen molar-refractivity contribution in [1.82, 2.24) is 0 Å². The van der Waals surface area contributed by atoms with Crippen LogP contribution >= 0.6 is 0 Å². The van der Waals surface area contributed by atoms with Crippen LogP contribution in [0.3, 0.4) is 0 Å². The van der Waals surface area contributed by atoms with Gasteiger partial charge in [0.1, 0.15) is 0 Å². The summed E-state index contributed by atoms with van der Waals surface area (Å²) in [6, 6.07) is 12.6. The van der Waals surface area contributed by atoms with Crippen molar-refractivity contribution in [2.75, 3.05) is 0 Å². The van der Waals surface area contributed by atoms with Gasteiger partial charge in [-0.1, -0.05) is 43.4 Å². The summed E-state index contributed by atoms with van der Waals surface area (Å²) in [6.07, 6.45) is 2.35. The van der Waals surface area contributed by atoms with E-state index in [1.54, 1.807) is 0 Å². The van der Waals surface area contributed by atoms with Gasteiger partial charge in [0.2, 0.25) is 0 Å². The Balaban J connectivity index is 2.62. The molecule has 1 rings (SSSR count). The van der Waals surface area contributed by atoms with Crippen molar-refractivity contribution in [3.8, 4) is 17.5 Å². The fourth-order valence-electron chi connectivity index (χ4n) is 1.47. The van der Waals surface area contributed by atoms with Crippen LogP contribution in [0.1, 0.15) is 19.3 Å². The highest BCUT2D eigenvalue weighted by molar-refractivity contribution is 6.96. The molecule has 0 spiro atoms. The Labute approximate surface area is 99.1 Å². The first-order valence-electron chi connectivity index (χ1n) is 5.59. The van der Waals surface area contributed by atoms with Crippen molar-refractivity contribution in [1.29, 1.82) is 5.26 Å². The maximum Gasteiger partial charge on any atom is 0.162 e. The van der Waals surface area contributed by atoms with Gasteiger partial charge in [-0.3, -0.25) is 0 Å². The van der Waals surface area contributed by atoms with Crippen LogP contribution in [0.25, 0.3) is 0 Å². The SMILES string of the molecule is C[Si](C)(C#CCCCC#N)c1ccccc1. The number of hydrogen-bond acceptors (Lipinski definition) is 1. The van der Waals surface area contributed by atoms with Crippen LogP contribution in [-0.4, -0.2) is 8.07 Å². The molecule has 0 unspecified atom stereocenters. The Hall–Kier alpha value is -1.51. The number of benzene rings is 1. The van der Waals surface area contributed by atoms with E-state index in [4.69, 9.17) is 5.26 Å². The maximum absolute atomic E-state index is 8.41. The molecule has 0 saturated carbocycles. The molecule has 0 aromatic heterocycles. The second-order valence-corrected chi connectivity index (χ2v) is 8.38. The number of nitriles is 1. The third-order valence-corrected chi connectivity index (χ3v) is 5.07. The molecule has 0 aliphatic heterocycles. The highest BCUT2D eigenvalue weighted by Gasteiger charge is 2.19. The van der Waals surface area contributed by atoms with Crippen molar-refractivity contribution < 1.29 is 0 Å². The minimum absolute atomic E-state index is 0.613. The van der Waals surface area contributed by atoms with Gasteiger partial charge in [-0.2, -0.15) is 5.26 Å². The van der Waals surface area contributed by atoms with Gasteiger partial charge in [0.15, 0.2) is 8.07 Å². The molecule has 1 aromatic rings. The number of nitrogens with zero attached hydrogens (tertiary/aromatic N) is 1. The van der Waals surface area contributed by atoms with Crippen LogP contribution in [0.2, 0.25) is 13.1 Å². The summed E-state index contributed by atoms with van der Waals surface area (Å²) < 4.78 is 0. The van der Waals surface area contributed by atoms with Gasteiger partial charge in [0.05, 0.1) is 6.07 Å². The summed E-state index contributed by atoms with van der Waals surface area (Å²) in [5.41, 5.74) is 3.41. The molecular weight excluding hydrogens is 210 g/mol. The molecule has 0 N–H and O–H groups in total. The third-order valence-electron chi connectivity index (χ3n) is 2.49. The molecule has 2 heteroatoms. The molecule has 82 valence electrons. The fraction of sp³-hybridized carbons (Fsp3) is 0.357. The number of hydrogen-bond donors (Lipinski definition) is 0. The average molecular weight is 227 g/mol. The van der Waals surface area contributed by atoms with Gasteiger partial charge in [-0.05, 0) is 11.6 Å². The number of unbranched alkanes of at least 4 members (excludes halogenated alkanes) is 2. The van der Waals surface area contributed by atoms with E-state index in [1.165, 1.54) is 5.19 Å². The molecule has 0 aliphatic rings. The van der Waals surface area contributed by atoms with Crippen molar-refractivity contribution in [3.05, 3.63) is 30.3 Å². The Morgan fingerprint density at radius 2 is 1.81 bits per heavy atom. The monoisotopic (exact) mass is 227 g/mol. The van der Waals surface area contributed by atoms with Gasteiger partial charge in [-0.25, -0.2) is 0 Å². The summed E-state index contributed by atoms with van der Waals surface area (Å²) in [7, 11) is -1.58. The molecule has 0 aliphatic carbocycles. The van der Waals surface area contributed by atoms with E-state index in [0.717, 1.165) is 12.8 Å². The van der Waals surface area contributed by atoms with Gasteiger partial charge in [-0.15, -0.1) is 11.5 Å². The first kappa shape index (κ1) is 12.6. The van der Waals surface area contributed by atoms with Crippen LogP contribution in [0.5, 0.6) is 0 Å². The van der Waals surface area contributed by atoms with Crippen molar-refractivity contribution in [2.45, 2.75) is 32.4 Å². The van der Waals surface area contributed by atoms with Crippen molar-refractivity contribution >= 4 is 13.3 Å². The molecule has 0 radical (unpaired) electrons. The summed E-state index contributed by atoms with van der Waals surface area (Å²) in [5.74, 6) is 3.22. The van der Waals surface area contributed by atoms with Crippen LogP contribution in [-0.2, 0) is 0 Å². The minimum atomic E-state index is -1.58. The highest BCUT2D eigenvalue weighted by atomic mass is 28.3. The molecule has 0 heterocycles. The lowest BCUT2D eigenvalue weighted by molar-refractivity contribution is 0.894. The van der Waals surface area contributed by atoms with Crippen molar-refractivity contribution in [3.63, 3.8) is 0 Å². The average Bonchev–Trinajstić information content (AvgIpc) is 2.30. The van der Waals surface area contributed by atoms with E-state index in [-0.39, 0.29) is 0 Å². The van der Waals surface area contributed by atoms with E-state index in [9.17, 15) is 0 Å². The highest BCUT2D eigenvalue weighted by Crippen LogP contribution is 2.02. The maximum atomic E-state index is 8.41. The van der Waals surface area contributed by atoms with E-state index in [2.05, 4.69) is 54.9 Å². The fourth-order valence-corrected chi connectivity index (χ4v) is 3.20. The third kappa shape index (κ3) is 3.93. The van der Waals surface area contributed by atoms with E-state index < -0.39 is 8.07 Å². The zero-order valence-electron chi connectivity index (χ0n) is 9.96. The zero-order valence-corrected chi connectivity index (χ0v) is 11.0. The minimum Gasteiger partial charge on any atom is -0.198 e. The van der Waals surface area contributed by atoms with Crippen LogP contribution in [0.4, 0.5) is 0 Å². The first-order valence-corrected chi connectivity index (χ1v) is 8.59. The lowest BCUT2D eigenvalue weighted by atomic mass is 10.3. The summed E-state index contributed by atoms with van der Waals surface area (Å²) in [4.78, 5) is 0. The molecule has 0 amide bonds. The summed E-state index contributed by atoms with van der Waals surface area (Å²) in [6.45, 7) is 4.53. The molecule has 0 bridgehead atoms. The van der Waals surface area contributed by atoms with Crippen LogP contribution in [0, 0.1) is 22.8 Å².